The van der Waals surface area contributed by atoms with Crippen molar-refractivity contribution in [2.45, 2.75) is 12.8 Å². The molecule has 2 radical (unpaired) electrons. The van der Waals surface area contributed by atoms with E-state index in [1.807, 2.05) is 0 Å². The van der Waals surface area contributed by atoms with Crippen LogP contribution < -0.4 is 0 Å². The summed E-state index contributed by atoms with van der Waals surface area (Å²) in [6.07, 6.45) is 7.77. The van der Waals surface area contributed by atoms with Crippen molar-refractivity contribution in [3.8, 4) is 0 Å². The van der Waals surface area contributed by atoms with E-state index in [4.69, 9.17) is 0 Å². The molecule has 0 saturated heterocycles. The maximum atomic E-state index is 10.3. The molecule has 1 nitrogen and oxygen atoms in total. The molecule has 0 fully saturated rings. The summed E-state index contributed by atoms with van der Waals surface area (Å²) in [5.74, 6) is 0.103. The first-order chi connectivity index (χ1) is 3.39. The van der Waals surface area contributed by atoms with Gasteiger partial charge in [-0.2, -0.15) is 0 Å². The van der Waals surface area contributed by atoms with Gasteiger partial charge in [0.2, 0.25) is 0 Å². The van der Waals surface area contributed by atoms with Crippen LogP contribution in [0.15, 0.2) is 6.08 Å². The van der Waals surface area contributed by atoms with E-state index in [1.165, 1.54) is 6.08 Å². The second-order valence-electron chi connectivity index (χ2n) is 1.49. The standard InChI is InChI=1S/C6H6O/c7-6-4-2-1-3-5-6/h4-5H,1-2H2. The molecule has 1 aliphatic carbocycles. The fraction of sp³-hybridized carbons (Fsp3) is 0.333. The van der Waals surface area contributed by atoms with Crippen LogP contribution >= 0.6 is 0 Å². The molecule has 0 aromatic carbocycles. The van der Waals surface area contributed by atoms with Crippen LogP contribution in [0.3, 0.4) is 0 Å². The van der Waals surface area contributed by atoms with Crippen molar-refractivity contribution >= 4 is 5.78 Å². The number of ketones is 1. The Hall–Kier alpha value is -0.590. The first-order valence-corrected chi connectivity index (χ1v) is 2.33. The maximum absolute atomic E-state index is 10.3. The third kappa shape index (κ3) is 1.15. The SMILES string of the molecule is O=C1[CH]CC[C]=C1. The lowest BCUT2D eigenvalue weighted by atomic mass is 10.1. The van der Waals surface area contributed by atoms with Gasteiger partial charge in [-0.15, -0.1) is 0 Å². The summed E-state index contributed by atoms with van der Waals surface area (Å²) in [6, 6.07) is 0. The zero-order valence-electron chi connectivity index (χ0n) is 3.98. The summed E-state index contributed by atoms with van der Waals surface area (Å²) in [7, 11) is 0. The van der Waals surface area contributed by atoms with Gasteiger partial charge in [0.25, 0.3) is 0 Å². The molecular formula is C6H6O. The van der Waals surface area contributed by atoms with E-state index in [0.717, 1.165) is 12.8 Å². The monoisotopic (exact) mass is 94.0 g/mol. The largest absolute Gasteiger partial charge is 0.295 e. The van der Waals surface area contributed by atoms with Gasteiger partial charge in [0, 0.05) is 6.42 Å². The average molecular weight is 94.1 g/mol. The Kier molecular flexibility index (Phi) is 1.25. The molecule has 7 heavy (non-hydrogen) atoms. The number of carbonyl (C=O) groups excluding carboxylic acids is 1. The van der Waals surface area contributed by atoms with E-state index in [2.05, 4.69) is 6.08 Å². The molecule has 0 unspecified atom stereocenters. The van der Waals surface area contributed by atoms with Crippen molar-refractivity contribution in [3.63, 3.8) is 0 Å². The van der Waals surface area contributed by atoms with E-state index in [1.54, 1.807) is 6.42 Å². The lowest BCUT2D eigenvalue weighted by Crippen LogP contribution is -1.97. The van der Waals surface area contributed by atoms with Gasteiger partial charge in [0.1, 0.15) is 0 Å². The Morgan fingerprint density at radius 1 is 1.71 bits per heavy atom. The summed E-state index contributed by atoms with van der Waals surface area (Å²) in [5, 5.41) is 0. The predicted octanol–water partition coefficient (Wildman–Crippen LogP) is 0.913. The van der Waals surface area contributed by atoms with Gasteiger partial charge in [-0.25, -0.2) is 0 Å². The van der Waals surface area contributed by atoms with Crippen molar-refractivity contribution in [1.29, 1.82) is 0 Å². The van der Waals surface area contributed by atoms with Gasteiger partial charge in [-0.1, -0.05) is 0 Å². The molecule has 1 rings (SSSR count). The summed E-state index contributed by atoms with van der Waals surface area (Å²) < 4.78 is 0. The van der Waals surface area contributed by atoms with Gasteiger partial charge < -0.3 is 0 Å². The Balaban J connectivity index is 2.51. The molecule has 0 aromatic heterocycles. The maximum Gasteiger partial charge on any atom is 0.159 e. The first-order valence-electron chi connectivity index (χ1n) is 2.33. The minimum Gasteiger partial charge on any atom is -0.295 e. The number of allylic oxidation sites excluding steroid dienone is 2. The van der Waals surface area contributed by atoms with E-state index in [9.17, 15) is 4.79 Å². The highest BCUT2D eigenvalue weighted by Gasteiger charge is 1.99. The van der Waals surface area contributed by atoms with Crippen LogP contribution in [0, 0.1) is 12.5 Å². The van der Waals surface area contributed by atoms with Gasteiger partial charge in [0.05, 0.1) is 0 Å². The topological polar surface area (TPSA) is 17.1 Å². The number of rotatable bonds is 0. The molecular weight excluding hydrogens is 88.1 g/mol. The molecule has 36 valence electrons. The van der Waals surface area contributed by atoms with Crippen LogP contribution in [0.4, 0.5) is 0 Å². The fourth-order valence-electron chi connectivity index (χ4n) is 0.529. The highest BCUT2D eigenvalue weighted by molar-refractivity contribution is 5.96. The van der Waals surface area contributed by atoms with Gasteiger partial charge >= 0.3 is 0 Å². The van der Waals surface area contributed by atoms with E-state index in [-0.39, 0.29) is 5.78 Å². The average Bonchev–Trinajstić information content (AvgIpc) is 1.69. The zero-order valence-corrected chi connectivity index (χ0v) is 3.98. The molecule has 0 saturated carbocycles. The third-order valence-corrected chi connectivity index (χ3v) is 0.879. The fourth-order valence-corrected chi connectivity index (χ4v) is 0.529. The minimum absolute atomic E-state index is 0.103. The molecule has 0 heterocycles. The van der Waals surface area contributed by atoms with Crippen LogP contribution in [0.5, 0.6) is 0 Å². The molecule has 0 spiro atoms. The van der Waals surface area contributed by atoms with E-state index < -0.39 is 0 Å². The Bertz CT molecular complexity index is 103. The van der Waals surface area contributed by atoms with E-state index >= 15 is 0 Å². The summed E-state index contributed by atoms with van der Waals surface area (Å²) in [5.41, 5.74) is 0. The van der Waals surface area contributed by atoms with Crippen molar-refractivity contribution in [2.24, 2.45) is 0 Å². The van der Waals surface area contributed by atoms with Crippen LogP contribution in [0.25, 0.3) is 0 Å². The molecule has 0 aliphatic heterocycles. The highest BCUT2D eigenvalue weighted by atomic mass is 16.1. The van der Waals surface area contributed by atoms with Gasteiger partial charge in [0.15, 0.2) is 5.78 Å². The Morgan fingerprint density at radius 3 is 2.86 bits per heavy atom. The summed E-state index contributed by atoms with van der Waals surface area (Å²) in [6.45, 7) is 0. The van der Waals surface area contributed by atoms with E-state index in [0.29, 0.717) is 0 Å². The normalized spacial score (nSPS) is 20.3. The van der Waals surface area contributed by atoms with Crippen molar-refractivity contribution in [1.82, 2.24) is 0 Å². The van der Waals surface area contributed by atoms with Gasteiger partial charge in [-0.3, -0.25) is 4.79 Å². The first kappa shape index (κ1) is 4.57. The molecule has 1 heteroatoms. The Morgan fingerprint density at radius 2 is 2.57 bits per heavy atom. The van der Waals surface area contributed by atoms with Crippen LogP contribution in [-0.2, 0) is 4.79 Å². The smallest absolute Gasteiger partial charge is 0.159 e. The van der Waals surface area contributed by atoms with Crippen LogP contribution in [0.1, 0.15) is 12.8 Å². The predicted molar refractivity (Wildman–Crippen MR) is 26.4 cm³/mol. The summed E-state index contributed by atoms with van der Waals surface area (Å²) in [4.78, 5) is 10.3. The van der Waals surface area contributed by atoms with Crippen molar-refractivity contribution in [3.05, 3.63) is 18.6 Å². The number of hydrogen-bond donors (Lipinski definition) is 0. The lowest BCUT2D eigenvalue weighted by molar-refractivity contribution is -0.112. The number of carbonyl (C=O) groups is 1. The minimum atomic E-state index is 0.103. The van der Waals surface area contributed by atoms with Crippen molar-refractivity contribution in [2.75, 3.05) is 0 Å². The third-order valence-electron chi connectivity index (χ3n) is 0.879. The molecule has 0 atom stereocenters. The van der Waals surface area contributed by atoms with Crippen LogP contribution in [-0.4, -0.2) is 5.78 Å². The van der Waals surface area contributed by atoms with Crippen molar-refractivity contribution < 1.29 is 4.79 Å². The quantitative estimate of drug-likeness (QED) is 0.436. The molecule has 1 aliphatic rings. The molecule has 0 amide bonds. The number of hydrogen-bond acceptors (Lipinski definition) is 1. The summed E-state index contributed by atoms with van der Waals surface area (Å²) >= 11 is 0. The van der Waals surface area contributed by atoms with Gasteiger partial charge in [-0.05, 0) is 25.0 Å². The molecule has 0 aromatic rings. The van der Waals surface area contributed by atoms with Crippen LogP contribution in [0.2, 0.25) is 0 Å². The lowest BCUT2D eigenvalue weighted by Gasteiger charge is -1.95. The Labute approximate surface area is 43.0 Å². The second-order valence-corrected chi connectivity index (χ2v) is 1.49. The highest BCUT2D eigenvalue weighted by Crippen LogP contribution is 2.02. The second kappa shape index (κ2) is 1.92. The molecule has 0 N–H and O–H groups in total. The zero-order chi connectivity index (χ0) is 5.11. The molecule has 0 bridgehead atoms.